The molecule has 0 aliphatic carbocycles. The lowest BCUT2D eigenvalue weighted by atomic mass is 9.99. The number of rotatable bonds is 4. The first kappa shape index (κ1) is 16.8. The van der Waals surface area contributed by atoms with E-state index in [1.165, 1.54) is 5.56 Å². The van der Waals surface area contributed by atoms with Crippen LogP contribution in [-0.4, -0.2) is 33.8 Å². The minimum Gasteiger partial charge on any atom is -0.324 e. The lowest BCUT2D eigenvalue weighted by molar-refractivity contribution is 0.221. The van der Waals surface area contributed by atoms with Crippen molar-refractivity contribution < 1.29 is 4.79 Å². The molecule has 24 heavy (non-hydrogen) atoms. The molecule has 1 fully saturated rings. The molecule has 6 heteroatoms. The molecule has 1 saturated heterocycles. The van der Waals surface area contributed by atoms with Crippen LogP contribution < -0.4 is 5.32 Å². The number of urea groups is 1. The Kier molecular flexibility index (Phi) is 5.09. The highest BCUT2D eigenvalue weighted by atomic mass is 35.5. The quantitative estimate of drug-likeness (QED) is 0.898. The van der Waals surface area contributed by atoms with Crippen molar-refractivity contribution in [3.8, 4) is 0 Å². The minimum atomic E-state index is -0.0585. The van der Waals surface area contributed by atoms with Crippen molar-refractivity contribution in [2.75, 3.05) is 18.4 Å². The first-order valence-corrected chi connectivity index (χ1v) is 8.80. The van der Waals surface area contributed by atoms with Crippen molar-refractivity contribution in [1.82, 2.24) is 14.7 Å². The fraction of sp³-hybridized carbons (Fsp3) is 0.444. The van der Waals surface area contributed by atoms with Crippen molar-refractivity contribution in [2.24, 2.45) is 0 Å². The molecule has 0 spiro atoms. The van der Waals surface area contributed by atoms with Crippen molar-refractivity contribution in [3.63, 3.8) is 0 Å². The second kappa shape index (κ2) is 7.26. The highest BCUT2D eigenvalue weighted by molar-refractivity contribution is 6.30. The Morgan fingerprint density at radius 3 is 3.00 bits per heavy atom. The van der Waals surface area contributed by atoms with Gasteiger partial charge in [-0.05, 0) is 37.5 Å². The Morgan fingerprint density at radius 2 is 2.25 bits per heavy atom. The van der Waals surface area contributed by atoms with Crippen LogP contribution in [0.4, 0.5) is 10.6 Å². The molecule has 1 aromatic carbocycles. The van der Waals surface area contributed by atoms with E-state index in [2.05, 4.69) is 23.4 Å². The topological polar surface area (TPSA) is 50.2 Å². The molecule has 2 amide bonds. The van der Waals surface area contributed by atoms with Gasteiger partial charge in [-0.25, -0.2) is 9.48 Å². The van der Waals surface area contributed by atoms with Crippen LogP contribution in [0.2, 0.25) is 5.02 Å². The van der Waals surface area contributed by atoms with Crippen molar-refractivity contribution in [1.29, 1.82) is 0 Å². The molecular weight excluding hydrogens is 324 g/mol. The molecule has 0 saturated carbocycles. The van der Waals surface area contributed by atoms with Gasteiger partial charge in [-0.1, -0.05) is 30.7 Å². The van der Waals surface area contributed by atoms with Gasteiger partial charge >= 0.3 is 6.03 Å². The number of anilines is 1. The Balaban J connectivity index is 1.65. The lowest BCUT2D eigenvalue weighted by Crippen LogP contribution is -2.33. The average Bonchev–Trinajstić information content (AvgIpc) is 3.15. The summed E-state index contributed by atoms with van der Waals surface area (Å²) < 4.78 is 1.86. The molecule has 0 unspecified atom stereocenters. The van der Waals surface area contributed by atoms with Crippen LogP contribution in [0.1, 0.15) is 36.9 Å². The van der Waals surface area contributed by atoms with Gasteiger partial charge < -0.3 is 4.90 Å². The number of likely N-dealkylation sites (tertiary alicyclic amines) is 1. The molecule has 0 bridgehead atoms. The molecule has 2 heterocycles. The van der Waals surface area contributed by atoms with Gasteiger partial charge in [0.05, 0.1) is 5.69 Å². The van der Waals surface area contributed by atoms with Crippen LogP contribution in [0.5, 0.6) is 0 Å². The molecule has 2 aromatic rings. The summed E-state index contributed by atoms with van der Waals surface area (Å²) in [4.78, 5) is 14.4. The van der Waals surface area contributed by atoms with Gasteiger partial charge in [0.25, 0.3) is 0 Å². The maximum Gasteiger partial charge on any atom is 0.323 e. The predicted molar refractivity (Wildman–Crippen MR) is 96.7 cm³/mol. The van der Waals surface area contributed by atoms with Crippen LogP contribution in [0.15, 0.2) is 30.3 Å². The van der Waals surface area contributed by atoms with Crippen molar-refractivity contribution in [2.45, 2.75) is 39.2 Å². The van der Waals surface area contributed by atoms with E-state index < -0.39 is 0 Å². The average molecular weight is 347 g/mol. The lowest BCUT2D eigenvalue weighted by Gasteiger charge is -2.18. The highest BCUT2D eigenvalue weighted by Crippen LogP contribution is 2.29. The maximum absolute atomic E-state index is 12.6. The number of amides is 2. The van der Waals surface area contributed by atoms with Gasteiger partial charge in [-0.15, -0.1) is 0 Å². The summed E-state index contributed by atoms with van der Waals surface area (Å²) in [6.07, 6.45) is 1.94. The Bertz CT molecular complexity index is 728. The third kappa shape index (κ3) is 3.73. The van der Waals surface area contributed by atoms with Crippen LogP contribution in [0, 0.1) is 6.92 Å². The number of halogens is 1. The smallest absolute Gasteiger partial charge is 0.323 e. The van der Waals surface area contributed by atoms with E-state index in [0.717, 1.165) is 42.5 Å². The highest BCUT2D eigenvalue weighted by Gasteiger charge is 2.28. The molecular formula is C18H23ClN4O. The second-order valence-corrected chi connectivity index (χ2v) is 6.75. The van der Waals surface area contributed by atoms with Crippen LogP contribution in [0.3, 0.4) is 0 Å². The molecule has 1 N–H and O–H groups in total. The molecule has 1 atom stereocenters. The summed E-state index contributed by atoms with van der Waals surface area (Å²) in [5, 5.41) is 8.17. The first-order chi connectivity index (χ1) is 11.6. The number of carbonyl (C=O) groups excluding carboxylic acids is 1. The van der Waals surface area contributed by atoms with E-state index in [-0.39, 0.29) is 6.03 Å². The number of aromatic nitrogens is 2. The molecule has 128 valence electrons. The van der Waals surface area contributed by atoms with E-state index in [4.69, 9.17) is 11.6 Å². The summed E-state index contributed by atoms with van der Waals surface area (Å²) in [6, 6.07) is 9.77. The van der Waals surface area contributed by atoms with E-state index >= 15 is 0 Å². The summed E-state index contributed by atoms with van der Waals surface area (Å²) in [7, 11) is 0. The Hall–Kier alpha value is -2.01. The van der Waals surface area contributed by atoms with Crippen molar-refractivity contribution >= 4 is 23.4 Å². The SMILES string of the molecule is CCCn1nc(C)cc1NC(=O)N1CC[C@H](c2cccc(Cl)c2)C1. The van der Waals surface area contributed by atoms with E-state index in [9.17, 15) is 4.79 Å². The Labute approximate surface area is 147 Å². The summed E-state index contributed by atoms with van der Waals surface area (Å²) in [5.74, 6) is 1.11. The molecule has 1 aliphatic heterocycles. The number of hydrogen-bond acceptors (Lipinski definition) is 2. The van der Waals surface area contributed by atoms with E-state index in [1.54, 1.807) is 0 Å². The van der Waals surface area contributed by atoms with E-state index in [1.807, 2.05) is 40.8 Å². The molecule has 0 radical (unpaired) electrons. The standard InChI is InChI=1S/C18H23ClN4O/c1-3-8-23-17(10-13(2)21-23)20-18(24)22-9-7-15(12-22)14-5-4-6-16(19)11-14/h4-6,10-11,15H,3,7-9,12H2,1-2H3,(H,20,24)/t15-/m0/s1. The molecule has 5 nitrogen and oxygen atoms in total. The third-order valence-electron chi connectivity index (χ3n) is 4.37. The van der Waals surface area contributed by atoms with Gasteiger partial charge in [0.2, 0.25) is 0 Å². The zero-order valence-electron chi connectivity index (χ0n) is 14.1. The largest absolute Gasteiger partial charge is 0.324 e. The monoisotopic (exact) mass is 346 g/mol. The van der Waals surface area contributed by atoms with Crippen LogP contribution in [-0.2, 0) is 6.54 Å². The zero-order valence-corrected chi connectivity index (χ0v) is 14.9. The summed E-state index contributed by atoms with van der Waals surface area (Å²) >= 11 is 6.08. The van der Waals surface area contributed by atoms with Gasteiger partial charge in [0.1, 0.15) is 5.82 Å². The summed E-state index contributed by atoms with van der Waals surface area (Å²) in [5.41, 5.74) is 2.11. The van der Waals surface area contributed by atoms with E-state index in [0.29, 0.717) is 12.5 Å². The second-order valence-electron chi connectivity index (χ2n) is 6.31. The number of carbonyl (C=O) groups is 1. The fourth-order valence-electron chi connectivity index (χ4n) is 3.19. The number of nitrogens with zero attached hydrogens (tertiary/aromatic N) is 3. The van der Waals surface area contributed by atoms with Gasteiger partial charge in [-0.2, -0.15) is 5.10 Å². The van der Waals surface area contributed by atoms with Crippen molar-refractivity contribution in [3.05, 3.63) is 46.6 Å². The first-order valence-electron chi connectivity index (χ1n) is 8.42. The number of nitrogens with one attached hydrogen (secondary N) is 1. The third-order valence-corrected chi connectivity index (χ3v) is 4.60. The number of hydrogen-bond donors (Lipinski definition) is 1. The predicted octanol–water partition coefficient (Wildman–Crippen LogP) is 4.28. The number of benzene rings is 1. The number of aryl methyl sites for hydroxylation is 2. The molecule has 1 aliphatic rings. The van der Waals surface area contributed by atoms with Gasteiger partial charge in [0.15, 0.2) is 0 Å². The molecule has 3 rings (SSSR count). The maximum atomic E-state index is 12.6. The van der Waals surface area contributed by atoms with Crippen LogP contribution >= 0.6 is 11.6 Å². The van der Waals surface area contributed by atoms with Gasteiger partial charge in [-0.3, -0.25) is 5.32 Å². The van der Waals surface area contributed by atoms with Gasteiger partial charge in [0, 0.05) is 36.6 Å². The zero-order chi connectivity index (χ0) is 17.1. The molecule has 1 aromatic heterocycles. The normalized spacial score (nSPS) is 17.3. The minimum absolute atomic E-state index is 0.0585. The Morgan fingerprint density at radius 1 is 1.42 bits per heavy atom. The van der Waals surface area contributed by atoms with Crippen LogP contribution in [0.25, 0.3) is 0 Å². The fourth-order valence-corrected chi connectivity index (χ4v) is 3.39. The summed E-state index contributed by atoms with van der Waals surface area (Å²) in [6.45, 7) is 6.30.